The van der Waals surface area contributed by atoms with E-state index in [1.807, 2.05) is 0 Å². The van der Waals surface area contributed by atoms with Gasteiger partial charge < -0.3 is 5.32 Å². The number of Topliss-reactive ketones (excluding diaryl/α,β-unsaturated/α-hetero) is 1. The molecule has 0 aliphatic heterocycles. The zero-order valence-corrected chi connectivity index (χ0v) is 12.8. The average molecular weight is 310 g/mol. The average Bonchev–Trinajstić information content (AvgIpc) is 2.37. The molecule has 0 aliphatic rings. The third-order valence-electron chi connectivity index (χ3n) is 2.70. The predicted octanol–water partition coefficient (Wildman–Crippen LogP) is 1.28. The van der Waals surface area contributed by atoms with Crippen LogP contribution in [0.2, 0.25) is 0 Å². The van der Waals surface area contributed by atoms with Gasteiger partial charge in [0.15, 0.2) is 5.78 Å². The number of sulfonamides is 1. The fourth-order valence-corrected chi connectivity index (χ4v) is 2.34. The van der Waals surface area contributed by atoms with Crippen LogP contribution in [0.1, 0.15) is 17.3 Å². The molecule has 0 bridgehead atoms. The Bertz CT molecular complexity index is 635. The van der Waals surface area contributed by atoms with Crippen LogP contribution in [0, 0.1) is 0 Å². The summed E-state index contributed by atoms with van der Waals surface area (Å²) in [5.41, 5.74) is 1.04. The summed E-state index contributed by atoms with van der Waals surface area (Å²) in [6.45, 7) is 4.69. The molecule has 0 saturated carbocycles. The normalized spacial score (nSPS) is 11.2. The number of nitrogens with zero attached hydrogens (tertiary/aromatic N) is 1. The Labute approximate surface area is 124 Å². The number of hydrogen-bond acceptors (Lipinski definition) is 4. The van der Waals surface area contributed by atoms with Gasteiger partial charge in [0.1, 0.15) is 0 Å². The van der Waals surface area contributed by atoms with Crippen molar-refractivity contribution in [3.05, 3.63) is 42.5 Å². The van der Waals surface area contributed by atoms with Gasteiger partial charge in [0, 0.05) is 17.8 Å². The number of nitrogens with one attached hydrogen (secondary N) is 1. The van der Waals surface area contributed by atoms with Gasteiger partial charge in [-0.2, -0.15) is 4.31 Å². The molecule has 0 saturated heterocycles. The number of ketones is 1. The number of carbonyl (C=O) groups excluding carboxylic acids is 2. The Kier molecular flexibility index (Phi) is 5.80. The van der Waals surface area contributed by atoms with E-state index in [0.717, 1.165) is 10.6 Å². The van der Waals surface area contributed by atoms with E-state index in [0.29, 0.717) is 11.3 Å². The maximum absolute atomic E-state index is 11.8. The van der Waals surface area contributed by atoms with Crippen LogP contribution in [0.5, 0.6) is 0 Å². The van der Waals surface area contributed by atoms with Gasteiger partial charge in [0.25, 0.3) is 0 Å². The van der Waals surface area contributed by atoms with E-state index < -0.39 is 15.9 Å². The lowest BCUT2D eigenvalue weighted by atomic mass is 10.1. The molecule has 0 atom stereocenters. The summed E-state index contributed by atoms with van der Waals surface area (Å²) in [6.07, 6.45) is 2.45. The van der Waals surface area contributed by atoms with Crippen LogP contribution in [0.15, 0.2) is 36.9 Å². The lowest BCUT2D eigenvalue weighted by molar-refractivity contribution is -0.116. The maximum Gasteiger partial charge on any atom is 0.239 e. The highest BCUT2D eigenvalue weighted by atomic mass is 32.2. The Morgan fingerprint density at radius 3 is 2.29 bits per heavy atom. The first-order valence-corrected chi connectivity index (χ1v) is 8.05. The molecule has 6 nitrogen and oxygen atoms in total. The van der Waals surface area contributed by atoms with Crippen molar-refractivity contribution < 1.29 is 18.0 Å². The van der Waals surface area contributed by atoms with Gasteiger partial charge in [-0.1, -0.05) is 6.08 Å². The van der Waals surface area contributed by atoms with Crippen molar-refractivity contribution in [1.29, 1.82) is 0 Å². The van der Waals surface area contributed by atoms with Crippen molar-refractivity contribution in [2.45, 2.75) is 6.92 Å². The molecule has 0 heterocycles. The Morgan fingerprint density at radius 1 is 1.29 bits per heavy atom. The number of benzene rings is 1. The minimum absolute atomic E-state index is 0.0650. The first-order chi connectivity index (χ1) is 9.74. The molecule has 0 fully saturated rings. The lowest BCUT2D eigenvalue weighted by Crippen LogP contribution is -2.37. The third-order valence-corrected chi connectivity index (χ3v) is 3.91. The summed E-state index contributed by atoms with van der Waals surface area (Å²) in [5, 5.41) is 2.58. The van der Waals surface area contributed by atoms with Gasteiger partial charge in [-0.05, 0) is 31.2 Å². The van der Waals surface area contributed by atoms with Crippen LogP contribution >= 0.6 is 0 Å². The van der Waals surface area contributed by atoms with Crippen molar-refractivity contribution in [2.75, 3.05) is 24.7 Å². The number of anilines is 1. The minimum Gasteiger partial charge on any atom is -0.325 e. The van der Waals surface area contributed by atoms with E-state index >= 15 is 0 Å². The monoisotopic (exact) mass is 310 g/mol. The quantitative estimate of drug-likeness (QED) is 0.607. The summed E-state index contributed by atoms with van der Waals surface area (Å²) in [6, 6.07) is 6.37. The SMILES string of the molecule is C=CCN(CC(=O)Nc1ccc(C(C)=O)cc1)S(C)(=O)=O. The van der Waals surface area contributed by atoms with Crippen LogP contribution in [-0.2, 0) is 14.8 Å². The van der Waals surface area contributed by atoms with Crippen molar-refractivity contribution in [3.63, 3.8) is 0 Å². The highest BCUT2D eigenvalue weighted by molar-refractivity contribution is 7.88. The second-order valence-electron chi connectivity index (χ2n) is 4.53. The fourth-order valence-electron chi connectivity index (χ4n) is 1.61. The summed E-state index contributed by atoms with van der Waals surface area (Å²) < 4.78 is 24.0. The number of carbonyl (C=O) groups is 2. The highest BCUT2D eigenvalue weighted by Gasteiger charge is 2.18. The molecule has 0 unspecified atom stereocenters. The summed E-state index contributed by atoms with van der Waals surface area (Å²) in [4.78, 5) is 23.0. The topological polar surface area (TPSA) is 83.6 Å². The largest absolute Gasteiger partial charge is 0.325 e. The smallest absolute Gasteiger partial charge is 0.239 e. The van der Waals surface area contributed by atoms with Crippen molar-refractivity contribution in [3.8, 4) is 0 Å². The molecule has 7 heteroatoms. The van der Waals surface area contributed by atoms with Crippen LogP contribution in [-0.4, -0.2) is 43.8 Å². The van der Waals surface area contributed by atoms with Gasteiger partial charge in [-0.25, -0.2) is 8.42 Å². The predicted molar refractivity (Wildman–Crippen MR) is 81.7 cm³/mol. The molecule has 1 rings (SSSR count). The molecule has 21 heavy (non-hydrogen) atoms. The number of amides is 1. The molecule has 1 aromatic rings. The second kappa shape index (κ2) is 7.14. The molecule has 0 aromatic heterocycles. The van der Waals surface area contributed by atoms with Crippen molar-refractivity contribution in [1.82, 2.24) is 4.31 Å². The van der Waals surface area contributed by atoms with Gasteiger partial charge >= 0.3 is 0 Å². The fraction of sp³-hybridized carbons (Fsp3) is 0.286. The number of hydrogen-bond donors (Lipinski definition) is 1. The molecular formula is C14H18N2O4S. The van der Waals surface area contributed by atoms with Crippen LogP contribution in [0.4, 0.5) is 5.69 Å². The molecule has 1 aromatic carbocycles. The van der Waals surface area contributed by atoms with Gasteiger partial charge in [0.2, 0.25) is 15.9 Å². The lowest BCUT2D eigenvalue weighted by Gasteiger charge is -2.17. The Hall–Kier alpha value is -1.99. The summed E-state index contributed by atoms with van der Waals surface area (Å²) >= 11 is 0. The first kappa shape index (κ1) is 17.1. The zero-order valence-electron chi connectivity index (χ0n) is 12.0. The van der Waals surface area contributed by atoms with Crippen LogP contribution < -0.4 is 5.32 Å². The van der Waals surface area contributed by atoms with Gasteiger partial charge in [-0.3, -0.25) is 9.59 Å². The number of rotatable bonds is 7. The maximum atomic E-state index is 11.8. The van der Waals surface area contributed by atoms with E-state index in [4.69, 9.17) is 0 Å². The second-order valence-corrected chi connectivity index (χ2v) is 6.51. The van der Waals surface area contributed by atoms with Crippen LogP contribution in [0.25, 0.3) is 0 Å². The Balaban J connectivity index is 2.72. The van der Waals surface area contributed by atoms with E-state index in [-0.39, 0.29) is 18.9 Å². The molecule has 0 spiro atoms. The van der Waals surface area contributed by atoms with Gasteiger partial charge in [0.05, 0.1) is 12.8 Å². The van der Waals surface area contributed by atoms with Crippen molar-refractivity contribution >= 4 is 27.4 Å². The van der Waals surface area contributed by atoms with Gasteiger partial charge in [-0.15, -0.1) is 6.58 Å². The molecule has 114 valence electrons. The van der Waals surface area contributed by atoms with E-state index in [1.165, 1.54) is 13.0 Å². The molecule has 0 radical (unpaired) electrons. The molecule has 1 N–H and O–H groups in total. The standard InChI is InChI=1S/C14H18N2O4S/c1-4-9-16(21(3,19)20)10-14(18)15-13-7-5-12(6-8-13)11(2)17/h4-8H,1,9-10H2,2-3H3,(H,15,18). The summed E-state index contributed by atoms with van der Waals surface area (Å²) in [5.74, 6) is -0.528. The third kappa shape index (κ3) is 5.49. The van der Waals surface area contributed by atoms with E-state index in [9.17, 15) is 18.0 Å². The van der Waals surface area contributed by atoms with E-state index in [2.05, 4.69) is 11.9 Å². The van der Waals surface area contributed by atoms with Crippen molar-refractivity contribution in [2.24, 2.45) is 0 Å². The minimum atomic E-state index is -3.48. The molecule has 1 amide bonds. The molecular weight excluding hydrogens is 292 g/mol. The summed E-state index contributed by atoms with van der Waals surface area (Å²) in [7, 11) is -3.48. The highest BCUT2D eigenvalue weighted by Crippen LogP contribution is 2.10. The molecule has 0 aliphatic carbocycles. The first-order valence-electron chi connectivity index (χ1n) is 6.21. The van der Waals surface area contributed by atoms with Crippen LogP contribution in [0.3, 0.4) is 0 Å². The van der Waals surface area contributed by atoms with E-state index in [1.54, 1.807) is 24.3 Å². The Morgan fingerprint density at radius 2 is 1.86 bits per heavy atom. The zero-order chi connectivity index (χ0) is 16.0.